The van der Waals surface area contributed by atoms with Crippen LogP contribution in [0.5, 0.6) is 0 Å². The molecule has 0 aromatic heterocycles. The summed E-state index contributed by atoms with van der Waals surface area (Å²) in [5.41, 5.74) is 4.00. The zero-order chi connectivity index (χ0) is 21.3. The number of rotatable bonds is 4. The number of ketones is 1. The van der Waals surface area contributed by atoms with Crippen LogP contribution in [0.3, 0.4) is 0 Å². The first-order valence-electron chi connectivity index (χ1n) is 10.4. The van der Waals surface area contributed by atoms with Gasteiger partial charge in [-0.2, -0.15) is 0 Å². The average molecular weight is 402 g/mol. The van der Waals surface area contributed by atoms with Crippen molar-refractivity contribution in [1.82, 2.24) is 5.32 Å². The molecule has 1 heterocycles. The van der Waals surface area contributed by atoms with Gasteiger partial charge in [-0.25, -0.2) is 0 Å². The maximum Gasteiger partial charge on any atom is 0.232 e. The van der Waals surface area contributed by atoms with E-state index in [0.29, 0.717) is 35.7 Å². The summed E-state index contributed by atoms with van der Waals surface area (Å²) in [4.78, 5) is 38.3. The van der Waals surface area contributed by atoms with Crippen LogP contribution in [-0.4, -0.2) is 17.6 Å². The lowest BCUT2D eigenvalue weighted by Gasteiger charge is -2.33. The van der Waals surface area contributed by atoms with Gasteiger partial charge in [0.25, 0.3) is 0 Å². The number of carbonyl (C=O) groups is 3. The summed E-state index contributed by atoms with van der Waals surface area (Å²) in [5.74, 6) is -0.903. The number of anilines is 1. The van der Waals surface area contributed by atoms with Crippen LogP contribution in [0.1, 0.15) is 56.1 Å². The molecule has 0 radical (unpaired) electrons. The maximum atomic E-state index is 13.0. The van der Waals surface area contributed by atoms with E-state index in [-0.39, 0.29) is 29.9 Å². The summed E-state index contributed by atoms with van der Waals surface area (Å²) in [6.07, 6.45) is 0.908. The van der Waals surface area contributed by atoms with Gasteiger partial charge < -0.3 is 10.6 Å². The summed E-state index contributed by atoms with van der Waals surface area (Å²) in [6.45, 7) is 4.22. The molecule has 0 fully saturated rings. The van der Waals surface area contributed by atoms with E-state index >= 15 is 0 Å². The minimum Gasteiger partial charge on any atom is -0.329 e. The second kappa shape index (κ2) is 8.27. The molecular weight excluding hydrogens is 376 g/mol. The van der Waals surface area contributed by atoms with Crippen LogP contribution in [0.25, 0.3) is 0 Å². The van der Waals surface area contributed by atoms with Crippen molar-refractivity contribution in [1.29, 1.82) is 0 Å². The predicted octanol–water partition coefficient (Wildman–Crippen LogP) is 4.29. The van der Waals surface area contributed by atoms with Gasteiger partial charge in [-0.1, -0.05) is 56.3 Å². The van der Waals surface area contributed by atoms with Crippen LogP contribution >= 0.6 is 0 Å². The molecule has 30 heavy (non-hydrogen) atoms. The van der Waals surface area contributed by atoms with E-state index in [1.54, 1.807) is 0 Å². The normalized spacial score (nSPS) is 21.3. The van der Waals surface area contributed by atoms with Crippen molar-refractivity contribution in [3.05, 3.63) is 77.0 Å². The Hall–Kier alpha value is -3.21. The summed E-state index contributed by atoms with van der Waals surface area (Å²) < 4.78 is 0. The molecule has 5 nitrogen and oxygen atoms in total. The van der Waals surface area contributed by atoms with Crippen molar-refractivity contribution in [2.75, 3.05) is 5.32 Å². The number of Topliss-reactive ketones (excluding diaryl/α,β-unsaturated/α-hetero) is 1. The van der Waals surface area contributed by atoms with Crippen LogP contribution in [0, 0.1) is 5.92 Å². The largest absolute Gasteiger partial charge is 0.329 e. The van der Waals surface area contributed by atoms with Crippen LogP contribution in [0.4, 0.5) is 5.69 Å². The molecule has 0 saturated heterocycles. The molecule has 0 bridgehead atoms. The van der Waals surface area contributed by atoms with E-state index in [1.807, 2.05) is 54.6 Å². The lowest BCUT2D eigenvalue weighted by Crippen LogP contribution is -2.43. The fourth-order valence-corrected chi connectivity index (χ4v) is 4.33. The third-order valence-electron chi connectivity index (χ3n) is 5.97. The van der Waals surface area contributed by atoms with Crippen molar-refractivity contribution in [3.8, 4) is 0 Å². The fourth-order valence-electron chi connectivity index (χ4n) is 4.33. The van der Waals surface area contributed by atoms with Crippen LogP contribution in [0.2, 0.25) is 0 Å². The Bertz CT molecular complexity index is 1010. The van der Waals surface area contributed by atoms with Gasteiger partial charge in [-0.15, -0.1) is 0 Å². The Morgan fingerprint density at radius 2 is 1.67 bits per heavy atom. The second-order valence-corrected chi connectivity index (χ2v) is 8.40. The third kappa shape index (κ3) is 4.06. The van der Waals surface area contributed by atoms with E-state index in [1.165, 1.54) is 5.56 Å². The highest BCUT2D eigenvalue weighted by Gasteiger charge is 2.40. The maximum absolute atomic E-state index is 13.0. The van der Waals surface area contributed by atoms with Gasteiger partial charge in [-0.05, 0) is 41.5 Å². The Balaban J connectivity index is 1.56. The summed E-state index contributed by atoms with van der Waals surface area (Å²) in [5, 5.41) is 5.75. The fraction of sp³-hybridized carbons (Fsp3) is 0.320. The first-order chi connectivity index (χ1) is 14.4. The molecule has 2 aliphatic rings. The molecule has 0 unspecified atom stereocenters. The molecule has 2 aromatic carbocycles. The van der Waals surface area contributed by atoms with E-state index in [0.717, 1.165) is 5.56 Å². The van der Waals surface area contributed by atoms with Gasteiger partial charge in [0.2, 0.25) is 11.8 Å². The van der Waals surface area contributed by atoms with E-state index in [4.69, 9.17) is 0 Å². The zero-order valence-electron chi connectivity index (χ0n) is 17.3. The molecule has 0 spiro atoms. The number of carbonyl (C=O) groups excluding carboxylic acids is 3. The van der Waals surface area contributed by atoms with Crippen molar-refractivity contribution < 1.29 is 14.4 Å². The Morgan fingerprint density at radius 1 is 0.967 bits per heavy atom. The molecule has 2 atom stereocenters. The van der Waals surface area contributed by atoms with Crippen molar-refractivity contribution >= 4 is 23.3 Å². The number of nitrogens with one attached hydrogen (secondary N) is 2. The summed E-state index contributed by atoms with van der Waals surface area (Å²) >= 11 is 0. The second-order valence-electron chi connectivity index (χ2n) is 8.40. The minimum atomic E-state index is -0.747. The molecular formula is C25H26N2O3. The number of amides is 2. The van der Waals surface area contributed by atoms with Crippen molar-refractivity contribution in [2.24, 2.45) is 5.92 Å². The highest BCUT2D eigenvalue weighted by molar-refractivity contribution is 6.09. The Morgan fingerprint density at radius 3 is 2.33 bits per heavy atom. The molecule has 0 saturated carbocycles. The molecule has 2 amide bonds. The SMILES string of the molecule is CC(C)c1ccc(NC(=O)[C@@H]2CC(=O)NC3=C2C(=O)C[C@@H](c2ccccc2)C3)cc1. The number of benzene rings is 2. The number of hydrogen-bond donors (Lipinski definition) is 2. The molecule has 2 N–H and O–H groups in total. The van der Waals surface area contributed by atoms with Crippen molar-refractivity contribution in [3.63, 3.8) is 0 Å². The molecule has 4 rings (SSSR count). The van der Waals surface area contributed by atoms with Crippen LogP contribution in [0.15, 0.2) is 65.9 Å². The summed E-state index contributed by atoms with van der Waals surface area (Å²) in [7, 11) is 0. The van der Waals surface area contributed by atoms with E-state index in [9.17, 15) is 14.4 Å². The molecule has 1 aliphatic carbocycles. The average Bonchev–Trinajstić information content (AvgIpc) is 2.73. The van der Waals surface area contributed by atoms with Gasteiger partial charge in [0.1, 0.15) is 0 Å². The predicted molar refractivity (Wildman–Crippen MR) is 116 cm³/mol. The van der Waals surface area contributed by atoms with Gasteiger partial charge >= 0.3 is 0 Å². The Labute approximate surface area is 176 Å². The first kappa shape index (κ1) is 20.1. The lowest BCUT2D eigenvalue weighted by molar-refractivity contribution is -0.129. The molecule has 2 aromatic rings. The molecule has 154 valence electrons. The molecule has 5 heteroatoms. The van der Waals surface area contributed by atoms with Gasteiger partial charge in [-0.3, -0.25) is 14.4 Å². The Kier molecular flexibility index (Phi) is 5.53. The quantitative estimate of drug-likeness (QED) is 0.801. The van der Waals surface area contributed by atoms with Crippen molar-refractivity contribution in [2.45, 2.75) is 44.9 Å². The monoisotopic (exact) mass is 402 g/mol. The van der Waals surface area contributed by atoms with E-state index in [2.05, 4.69) is 24.5 Å². The number of allylic oxidation sites excluding steroid dienone is 1. The van der Waals surface area contributed by atoms with Gasteiger partial charge in [0.15, 0.2) is 5.78 Å². The van der Waals surface area contributed by atoms with Gasteiger partial charge in [0, 0.05) is 29.8 Å². The highest BCUT2D eigenvalue weighted by atomic mass is 16.2. The lowest BCUT2D eigenvalue weighted by atomic mass is 9.75. The molecule has 1 aliphatic heterocycles. The highest BCUT2D eigenvalue weighted by Crippen LogP contribution is 2.39. The standard InChI is InChI=1S/C25H26N2O3/c1-15(2)16-8-10-19(11-9-16)26-25(30)20-14-23(29)27-21-12-18(13-22(28)24(20)21)17-6-4-3-5-7-17/h3-11,15,18,20H,12-14H2,1-2H3,(H,26,30)(H,27,29)/t18-,20+/m0/s1. The summed E-state index contributed by atoms with van der Waals surface area (Å²) in [6, 6.07) is 17.5. The van der Waals surface area contributed by atoms with E-state index < -0.39 is 5.92 Å². The first-order valence-corrected chi connectivity index (χ1v) is 10.4. The van der Waals surface area contributed by atoms with Crippen LogP contribution in [-0.2, 0) is 14.4 Å². The zero-order valence-corrected chi connectivity index (χ0v) is 17.3. The number of hydrogen-bond acceptors (Lipinski definition) is 3. The topological polar surface area (TPSA) is 75.3 Å². The van der Waals surface area contributed by atoms with Crippen LogP contribution < -0.4 is 10.6 Å². The smallest absolute Gasteiger partial charge is 0.232 e. The van der Waals surface area contributed by atoms with Gasteiger partial charge in [0.05, 0.1) is 5.92 Å². The minimum absolute atomic E-state index is 0.00348. The third-order valence-corrected chi connectivity index (χ3v) is 5.97.